The van der Waals surface area contributed by atoms with Gasteiger partial charge in [0, 0.05) is 12.1 Å². The van der Waals surface area contributed by atoms with Gasteiger partial charge in [-0.2, -0.15) is 0 Å². The third-order valence-electron chi connectivity index (χ3n) is 3.16. The highest BCUT2D eigenvalue weighted by Gasteiger charge is 2.06. The Kier molecular flexibility index (Phi) is 5.17. The molecule has 0 aliphatic rings. The molecule has 0 unspecified atom stereocenters. The molecule has 112 valence electrons. The monoisotopic (exact) mass is 306 g/mol. The van der Waals surface area contributed by atoms with Crippen molar-refractivity contribution in [1.82, 2.24) is 0 Å². The first-order valence-corrected chi connectivity index (χ1v) is 7.01. The Balaban J connectivity index is 1.88. The number of halogens is 1. The van der Waals surface area contributed by atoms with E-state index in [0.29, 0.717) is 23.9 Å². The van der Waals surface area contributed by atoms with E-state index in [1.165, 1.54) is 0 Å². The summed E-state index contributed by atoms with van der Waals surface area (Å²) < 4.78 is 10.8. The van der Waals surface area contributed by atoms with Gasteiger partial charge in [-0.1, -0.05) is 11.6 Å². The molecule has 0 aliphatic carbocycles. The van der Waals surface area contributed by atoms with Crippen LogP contribution in [0.3, 0.4) is 0 Å². The summed E-state index contributed by atoms with van der Waals surface area (Å²) in [5, 5.41) is 0.669. The predicted octanol–water partition coefficient (Wildman–Crippen LogP) is 3.45. The second kappa shape index (κ2) is 7.09. The molecule has 2 N–H and O–H groups in total. The smallest absolute Gasteiger partial charge is 0.119 e. The number of hydrogen-bond acceptors (Lipinski definition) is 4. The maximum atomic E-state index is 5.99. The lowest BCUT2D eigenvalue weighted by molar-refractivity contribution is 0.325. The molecule has 0 saturated carbocycles. The summed E-state index contributed by atoms with van der Waals surface area (Å²) in [6.45, 7) is 1.26. The summed E-state index contributed by atoms with van der Waals surface area (Å²) in [5.41, 5.74) is 7.55. The number of ether oxygens (including phenoxy) is 2. The number of hydrogen-bond donors (Lipinski definition) is 1. The maximum absolute atomic E-state index is 5.99. The van der Waals surface area contributed by atoms with Gasteiger partial charge in [0.15, 0.2) is 0 Å². The molecule has 0 atom stereocenters. The van der Waals surface area contributed by atoms with Gasteiger partial charge in [-0.3, -0.25) is 0 Å². The van der Waals surface area contributed by atoms with Crippen molar-refractivity contribution in [1.29, 1.82) is 0 Å². The van der Waals surface area contributed by atoms with Crippen molar-refractivity contribution in [2.75, 3.05) is 37.9 Å². The van der Waals surface area contributed by atoms with Crippen molar-refractivity contribution in [3.63, 3.8) is 0 Å². The fourth-order valence-electron chi connectivity index (χ4n) is 1.94. The van der Waals surface area contributed by atoms with Crippen molar-refractivity contribution in [2.45, 2.75) is 0 Å². The van der Waals surface area contributed by atoms with Crippen LogP contribution in [0.5, 0.6) is 11.5 Å². The van der Waals surface area contributed by atoms with Crippen molar-refractivity contribution >= 4 is 23.0 Å². The van der Waals surface area contributed by atoms with E-state index in [4.69, 9.17) is 26.8 Å². The van der Waals surface area contributed by atoms with Crippen molar-refractivity contribution in [3.8, 4) is 11.5 Å². The summed E-state index contributed by atoms with van der Waals surface area (Å²) in [5.74, 6) is 1.62. The molecule has 0 amide bonds. The van der Waals surface area contributed by atoms with Crippen LogP contribution in [-0.4, -0.2) is 27.3 Å². The number of likely N-dealkylation sites (N-methyl/N-ethyl adjacent to an activating group) is 1. The van der Waals surface area contributed by atoms with Crippen LogP contribution in [0, 0.1) is 0 Å². The highest BCUT2D eigenvalue weighted by atomic mass is 35.5. The van der Waals surface area contributed by atoms with Crippen molar-refractivity contribution < 1.29 is 9.47 Å². The van der Waals surface area contributed by atoms with Crippen molar-refractivity contribution in [2.24, 2.45) is 0 Å². The summed E-state index contributed by atoms with van der Waals surface area (Å²) in [7, 11) is 3.60. The fourth-order valence-corrected chi connectivity index (χ4v) is 2.11. The zero-order chi connectivity index (χ0) is 15.2. The Hall–Kier alpha value is -2.07. The highest BCUT2D eigenvalue weighted by Crippen LogP contribution is 2.26. The van der Waals surface area contributed by atoms with E-state index in [9.17, 15) is 0 Å². The molecule has 0 saturated heterocycles. The number of nitrogen functional groups attached to an aromatic ring is 1. The van der Waals surface area contributed by atoms with Gasteiger partial charge in [0.2, 0.25) is 0 Å². The van der Waals surface area contributed by atoms with Gasteiger partial charge >= 0.3 is 0 Å². The number of rotatable bonds is 6. The third-order valence-corrected chi connectivity index (χ3v) is 3.39. The lowest BCUT2D eigenvalue weighted by atomic mass is 10.2. The van der Waals surface area contributed by atoms with Gasteiger partial charge in [0.25, 0.3) is 0 Å². The minimum atomic E-state index is 0.550. The molecule has 0 aromatic heterocycles. The molecular formula is C16H19ClN2O2. The van der Waals surface area contributed by atoms with Gasteiger partial charge in [-0.05, 0) is 42.5 Å². The molecule has 2 aromatic rings. The van der Waals surface area contributed by atoms with Crippen molar-refractivity contribution in [3.05, 3.63) is 47.5 Å². The number of methoxy groups -OCH3 is 1. The zero-order valence-electron chi connectivity index (χ0n) is 12.2. The molecule has 0 radical (unpaired) electrons. The largest absolute Gasteiger partial charge is 0.497 e. The van der Waals surface area contributed by atoms with Crippen LogP contribution in [0.25, 0.3) is 0 Å². The zero-order valence-corrected chi connectivity index (χ0v) is 12.9. The minimum Gasteiger partial charge on any atom is -0.497 e. The molecule has 21 heavy (non-hydrogen) atoms. The Morgan fingerprint density at radius 2 is 1.76 bits per heavy atom. The second-order valence-electron chi connectivity index (χ2n) is 4.65. The Morgan fingerprint density at radius 3 is 2.43 bits per heavy atom. The fraction of sp³-hybridized carbons (Fsp3) is 0.250. The SMILES string of the molecule is COc1ccc(OCCN(C)c2cc(Cl)ccc2N)cc1. The molecule has 0 bridgehead atoms. The first-order valence-electron chi connectivity index (χ1n) is 6.63. The Morgan fingerprint density at radius 1 is 1.10 bits per heavy atom. The standard InChI is InChI=1S/C16H19ClN2O2/c1-19(16-11-12(17)3-8-15(16)18)9-10-21-14-6-4-13(20-2)5-7-14/h3-8,11H,9-10,18H2,1-2H3. The quantitative estimate of drug-likeness (QED) is 0.831. The molecular weight excluding hydrogens is 288 g/mol. The van der Waals surface area contributed by atoms with E-state index < -0.39 is 0 Å². The van der Waals surface area contributed by atoms with Gasteiger partial charge < -0.3 is 20.1 Å². The lowest BCUT2D eigenvalue weighted by Gasteiger charge is -2.21. The van der Waals surface area contributed by atoms with Crippen LogP contribution in [-0.2, 0) is 0 Å². The minimum absolute atomic E-state index is 0.550. The summed E-state index contributed by atoms with van der Waals surface area (Å²) >= 11 is 5.99. The molecule has 2 aromatic carbocycles. The van der Waals surface area contributed by atoms with E-state index in [-0.39, 0.29) is 0 Å². The molecule has 5 heteroatoms. The van der Waals surface area contributed by atoms with Gasteiger partial charge in [-0.25, -0.2) is 0 Å². The molecule has 2 rings (SSSR count). The maximum Gasteiger partial charge on any atom is 0.119 e. The first-order chi connectivity index (χ1) is 10.1. The normalized spacial score (nSPS) is 10.2. The van der Waals surface area contributed by atoms with Crippen LogP contribution >= 0.6 is 11.6 Å². The molecule has 0 spiro atoms. The van der Waals surface area contributed by atoms with E-state index in [1.807, 2.05) is 42.3 Å². The molecule has 0 fully saturated rings. The van der Waals surface area contributed by atoms with E-state index in [1.54, 1.807) is 19.2 Å². The number of benzene rings is 2. The molecule has 4 nitrogen and oxygen atoms in total. The third kappa shape index (κ3) is 4.20. The van der Waals surface area contributed by atoms with Crippen LogP contribution in [0.4, 0.5) is 11.4 Å². The van der Waals surface area contributed by atoms with Crippen LogP contribution in [0.15, 0.2) is 42.5 Å². The van der Waals surface area contributed by atoms with Gasteiger partial charge in [0.05, 0.1) is 25.0 Å². The van der Waals surface area contributed by atoms with E-state index in [2.05, 4.69) is 0 Å². The Bertz CT molecular complexity index is 587. The number of nitrogens with zero attached hydrogens (tertiary/aromatic N) is 1. The van der Waals surface area contributed by atoms with E-state index in [0.717, 1.165) is 17.2 Å². The topological polar surface area (TPSA) is 47.7 Å². The van der Waals surface area contributed by atoms with Crippen LogP contribution < -0.4 is 20.1 Å². The summed E-state index contributed by atoms with van der Waals surface area (Å²) in [4.78, 5) is 2.02. The van der Waals surface area contributed by atoms with Gasteiger partial charge in [-0.15, -0.1) is 0 Å². The Labute approximate surface area is 130 Å². The highest BCUT2D eigenvalue weighted by molar-refractivity contribution is 6.31. The van der Waals surface area contributed by atoms with Crippen LogP contribution in [0.2, 0.25) is 5.02 Å². The van der Waals surface area contributed by atoms with Gasteiger partial charge in [0.1, 0.15) is 18.1 Å². The van der Waals surface area contributed by atoms with Crippen LogP contribution in [0.1, 0.15) is 0 Å². The molecule has 0 heterocycles. The average molecular weight is 307 g/mol. The predicted molar refractivity (Wildman–Crippen MR) is 87.6 cm³/mol. The average Bonchev–Trinajstić information content (AvgIpc) is 2.50. The molecule has 0 aliphatic heterocycles. The number of nitrogens with two attached hydrogens (primary N) is 1. The second-order valence-corrected chi connectivity index (χ2v) is 5.09. The summed E-state index contributed by atoms with van der Waals surface area (Å²) in [6.07, 6.45) is 0. The van der Waals surface area contributed by atoms with E-state index >= 15 is 0 Å². The summed E-state index contributed by atoms with van der Waals surface area (Å²) in [6, 6.07) is 12.9. The lowest BCUT2D eigenvalue weighted by Crippen LogP contribution is -2.24. The number of anilines is 2. The first kappa shape index (κ1) is 15.3.